The van der Waals surface area contributed by atoms with Crippen molar-refractivity contribution in [2.75, 3.05) is 13.2 Å². The number of ether oxygens (including phenoxy) is 2. The second-order valence-corrected chi connectivity index (χ2v) is 8.88. The lowest BCUT2D eigenvalue weighted by atomic mass is 9.83. The van der Waals surface area contributed by atoms with Crippen LogP contribution in [0.5, 0.6) is 0 Å². The molecule has 4 aliphatic rings. The number of thioether (sulfide) groups is 1. The van der Waals surface area contributed by atoms with Crippen molar-refractivity contribution in [2.45, 2.75) is 12.8 Å². The van der Waals surface area contributed by atoms with Crippen molar-refractivity contribution < 1.29 is 19.1 Å². The lowest BCUT2D eigenvalue weighted by Crippen LogP contribution is -2.32. The van der Waals surface area contributed by atoms with Crippen LogP contribution in [0.1, 0.15) is 12.8 Å². The van der Waals surface area contributed by atoms with Gasteiger partial charge in [0.15, 0.2) is 11.6 Å². The molecule has 0 radical (unpaired) electrons. The molecule has 0 aromatic carbocycles. The summed E-state index contributed by atoms with van der Waals surface area (Å²) in [5.74, 6) is 0.501. The van der Waals surface area contributed by atoms with E-state index in [1.54, 1.807) is 0 Å². The third-order valence-corrected chi connectivity index (χ3v) is 7.70. The lowest BCUT2D eigenvalue weighted by molar-refractivity contribution is -0.113. The molecular formula is C22H18O4S3. The molecular weight excluding hydrogens is 424 g/mol. The Morgan fingerprint density at radius 3 is 1.69 bits per heavy atom. The van der Waals surface area contributed by atoms with Crippen LogP contribution < -0.4 is 0 Å². The summed E-state index contributed by atoms with van der Waals surface area (Å²) in [6.07, 6.45) is 7.55. The highest BCUT2D eigenvalue weighted by molar-refractivity contribution is 8.10. The first kappa shape index (κ1) is 20.2. The highest BCUT2D eigenvalue weighted by Crippen LogP contribution is 2.45. The smallest absolute Gasteiger partial charge is 0.185 e. The zero-order chi connectivity index (χ0) is 20.7. The molecule has 2 aliphatic heterocycles. The molecule has 0 aromatic rings. The average molecular weight is 443 g/mol. The van der Waals surface area contributed by atoms with Gasteiger partial charge in [0, 0.05) is 42.5 Å². The Bertz CT molecular complexity index is 929. The molecule has 0 aromatic heterocycles. The maximum atomic E-state index is 12.3. The zero-order valence-electron chi connectivity index (χ0n) is 15.6. The lowest BCUT2D eigenvalue weighted by Gasteiger charge is -2.34. The number of hydrogen-bond acceptors (Lipinski definition) is 7. The molecule has 148 valence electrons. The van der Waals surface area contributed by atoms with Crippen LogP contribution in [0.3, 0.4) is 0 Å². The number of allylic oxidation sites excluding steroid dienone is 8. The number of carbonyl (C=O) groups is 2. The van der Waals surface area contributed by atoms with E-state index in [4.69, 9.17) is 33.9 Å². The highest BCUT2D eigenvalue weighted by atomic mass is 32.2. The number of rotatable bonds is 6. The molecule has 0 saturated carbocycles. The van der Waals surface area contributed by atoms with E-state index in [1.807, 2.05) is 12.2 Å². The van der Waals surface area contributed by atoms with Crippen LogP contribution >= 0.6 is 36.2 Å². The Balaban J connectivity index is 1.71. The Morgan fingerprint density at radius 1 is 0.897 bits per heavy atom. The van der Waals surface area contributed by atoms with Gasteiger partial charge in [-0.3, -0.25) is 9.59 Å². The molecule has 2 atom stereocenters. The zero-order valence-corrected chi connectivity index (χ0v) is 18.0. The molecule has 2 aliphatic carbocycles. The largest absolute Gasteiger partial charge is 0.493 e. The molecule has 29 heavy (non-hydrogen) atoms. The molecule has 0 N–H and O–H groups in total. The van der Waals surface area contributed by atoms with Gasteiger partial charge in [-0.25, -0.2) is 0 Å². The van der Waals surface area contributed by atoms with E-state index < -0.39 is 0 Å². The monoisotopic (exact) mass is 442 g/mol. The third kappa shape index (κ3) is 3.41. The Kier molecular flexibility index (Phi) is 5.55. The van der Waals surface area contributed by atoms with Gasteiger partial charge in [0.05, 0.1) is 13.2 Å². The highest BCUT2D eigenvalue weighted by Gasteiger charge is 2.39. The van der Waals surface area contributed by atoms with E-state index in [2.05, 4.69) is 13.2 Å². The van der Waals surface area contributed by atoms with Crippen molar-refractivity contribution in [3.8, 4) is 0 Å². The van der Waals surface area contributed by atoms with Crippen LogP contribution in [0.4, 0.5) is 0 Å². The Morgan fingerprint density at radius 2 is 1.31 bits per heavy atom. The van der Waals surface area contributed by atoms with Crippen LogP contribution in [0.25, 0.3) is 0 Å². The first-order valence-corrected chi connectivity index (χ1v) is 10.9. The fraction of sp³-hybridized carbons (Fsp3) is 0.273. The standard InChI is InChI=1S/C22H18O4S3/c1-3-13(23)19-11-5-7-25-15(19)9-17(21(11)27)29-18-10-16-20(14(24)4-2)12(22(18)28)6-8-26-16/h3-4,9-12H,1-2,5-8H2. The summed E-state index contributed by atoms with van der Waals surface area (Å²) in [5.41, 5.74) is 1.17. The van der Waals surface area contributed by atoms with E-state index in [1.165, 1.54) is 23.9 Å². The van der Waals surface area contributed by atoms with E-state index in [-0.39, 0.29) is 23.4 Å². The number of thiocarbonyl (C=S) groups is 2. The van der Waals surface area contributed by atoms with Gasteiger partial charge < -0.3 is 9.47 Å². The molecule has 2 heterocycles. The molecule has 7 heteroatoms. The summed E-state index contributed by atoms with van der Waals surface area (Å²) in [4.78, 5) is 27.7. The molecule has 4 nitrogen and oxygen atoms in total. The van der Waals surface area contributed by atoms with Crippen molar-refractivity contribution >= 4 is 57.5 Å². The average Bonchev–Trinajstić information content (AvgIpc) is 2.73. The molecule has 2 unspecified atom stereocenters. The van der Waals surface area contributed by atoms with Crippen molar-refractivity contribution in [3.05, 3.63) is 69.9 Å². The van der Waals surface area contributed by atoms with Gasteiger partial charge in [-0.2, -0.15) is 0 Å². The Hall–Kier alpha value is -2.09. The molecule has 0 saturated heterocycles. The number of ketones is 2. The van der Waals surface area contributed by atoms with Crippen LogP contribution in [0, 0.1) is 11.8 Å². The van der Waals surface area contributed by atoms with Crippen LogP contribution in [-0.4, -0.2) is 34.5 Å². The first-order valence-electron chi connectivity index (χ1n) is 9.23. The maximum absolute atomic E-state index is 12.3. The second-order valence-electron chi connectivity index (χ2n) is 6.92. The minimum atomic E-state index is -0.155. The topological polar surface area (TPSA) is 52.6 Å². The van der Waals surface area contributed by atoms with Gasteiger partial charge in [-0.1, -0.05) is 49.4 Å². The summed E-state index contributed by atoms with van der Waals surface area (Å²) in [7, 11) is 0. The van der Waals surface area contributed by atoms with E-state index in [0.717, 1.165) is 9.81 Å². The molecule has 0 fully saturated rings. The number of carbonyl (C=O) groups excluding carboxylic acids is 2. The maximum Gasteiger partial charge on any atom is 0.185 e. The van der Waals surface area contributed by atoms with Gasteiger partial charge in [0.1, 0.15) is 11.5 Å². The van der Waals surface area contributed by atoms with Gasteiger partial charge in [0.2, 0.25) is 0 Å². The number of fused-ring (bicyclic) bond motifs is 2. The quantitative estimate of drug-likeness (QED) is 0.448. The summed E-state index contributed by atoms with van der Waals surface area (Å²) in [6.45, 7) is 8.22. The van der Waals surface area contributed by atoms with E-state index in [0.29, 0.717) is 58.4 Å². The molecule has 4 bridgehead atoms. The second kappa shape index (κ2) is 7.97. The van der Waals surface area contributed by atoms with E-state index in [9.17, 15) is 9.59 Å². The van der Waals surface area contributed by atoms with Crippen LogP contribution in [0.15, 0.2) is 69.9 Å². The van der Waals surface area contributed by atoms with Gasteiger partial charge in [0.25, 0.3) is 0 Å². The van der Waals surface area contributed by atoms with Crippen molar-refractivity contribution in [3.63, 3.8) is 0 Å². The fourth-order valence-electron chi connectivity index (χ4n) is 3.93. The SMILES string of the molecule is C=CC(=O)C1=C2C=C(SC3=CC4=C(C(=O)C=C)C(CCO4)C3=S)C(=S)C1CCO2. The van der Waals surface area contributed by atoms with Crippen molar-refractivity contribution in [1.29, 1.82) is 0 Å². The molecule has 0 spiro atoms. The normalized spacial score (nSPS) is 25.5. The fourth-order valence-corrected chi connectivity index (χ4v) is 5.83. The minimum absolute atomic E-state index is 0.152. The number of hydrogen-bond donors (Lipinski definition) is 0. The van der Waals surface area contributed by atoms with Crippen molar-refractivity contribution in [1.82, 2.24) is 0 Å². The third-order valence-electron chi connectivity index (χ3n) is 5.32. The molecule has 0 amide bonds. The predicted molar refractivity (Wildman–Crippen MR) is 122 cm³/mol. The van der Waals surface area contributed by atoms with E-state index >= 15 is 0 Å². The van der Waals surface area contributed by atoms with Crippen molar-refractivity contribution in [2.24, 2.45) is 11.8 Å². The van der Waals surface area contributed by atoms with Crippen LogP contribution in [0.2, 0.25) is 0 Å². The summed E-state index contributed by atoms with van der Waals surface area (Å²) >= 11 is 12.9. The summed E-state index contributed by atoms with van der Waals surface area (Å²) < 4.78 is 11.5. The summed E-state index contributed by atoms with van der Waals surface area (Å²) in [6, 6.07) is 0. The molecule has 4 rings (SSSR count). The van der Waals surface area contributed by atoms with Gasteiger partial charge in [-0.15, -0.1) is 0 Å². The minimum Gasteiger partial charge on any atom is -0.493 e. The first-order chi connectivity index (χ1) is 14.0. The van der Waals surface area contributed by atoms with Gasteiger partial charge >= 0.3 is 0 Å². The van der Waals surface area contributed by atoms with Crippen LogP contribution in [-0.2, 0) is 19.1 Å². The predicted octanol–water partition coefficient (Wildman–Crippen LogP) is 4.35. The Labute approximate surface area is 184 Å². The van der Waals surface area contributed by atoms with Gasteiger partial charge in [-0.05, 0) is 37.1 Å². The summed E-state index contributed by atoms with van der Waals surface area (Å²) in [5, 5.41) is 0.